The third-order valence-corrected chi connectivity index (χ3v) is 13.9. The number of hydrogen-bond donors (Lipinski definition) is 0. The summed E-state index contributed by atoms with van der Waals surface area (Å²) in [7, 11) is 0. The number of nitrogens with zero attached hydrogens (tertiary/aromatic N) is 5. The fourth-order valence-corrected chi connectivity index (χ4v) is 11.0. The zero-order chi connectivity index (χ0) is 45.3. The molecule has 8 heteroatoms. The Bertz CT molecular complexity index is 4360. The van der Waals surface area contributed by atoms with Crippen molar-refractivity contribution in [1.82, 2.24) is 23.3 Å². The minimum Gasteiger partial charge on any atom is -0.309 e. The largest absolute Gasteiger partial charge is 0.417 e. The molecule has 0 spiro atoms. The van der Waals surface area contributed by atoms with Crippen molar-refractivity contribution in [3.05, 3.63) is 224 Å². The van der Waals surface area contributed by atoms with E-state index in [-0.39, 0.29) is 5.56 Å². The van der Waals surface area contributed by atoms with Gasteiger partial charge in [0.15, 0.2) is 0 Å². The lowest BCUT2D eigenvalue weighted by molar-refractivity contribution is -0.137. The quantitative estimate of drug-likeness (QED) is 0.169. The molecule has 0 fully saturated rings. The van der Waals surface area contributed by atoms with E-state index in [0.717, 1.165) is 98.6 Å². The molecule has 5 heterocycles. The topological polar surface area (TPSA) is 32.6 Å². The standard InChI is InChI=1S/C60H36F3N5/c61-60(62,63)50-28-27-39(67-53-25-13-9-21-42(53)47-32-45-40-19-7-11-23-51(40)65(56(45)34-58(47)67)37-15-3-1-4-16-37)31-44(50)49-36-64-30-29-55(49)68-54-26-14-10-22-43(54)48-33-46-41-20-8-12-24-52(41)66(57(46)35-59(48)68)38-17-5-2-6-18-38/h1-36H. The Morgan fingerprint density at radius 1 is 0.309 bits per heavy atom. The molecule has 5 aromatic heterocycles. The van der Waals surface area contributed by atoms with Crippen molar-refractivity contribution in [2.24, 2.45) is 0 Å². The van der Waals surface area contributed by atoms with E-state index in [9.17, 15) is 0 Å². The van der Waals surface area contributed by atoms with Gasteiger partial charge in [0.2, 0.25) is 0 Å². The second-order valence-electron chi connectivity index (χ2n) is 17.5. The number of hydrogen-bond acceptors (Lipinski definition) is 1. The first-order valence-corrected chi connectivity index (χ1v) is 22.6. The van der Waals surface area contributed by atoms with Gasteiger partial charge in [0, 0.05) is 78.1 Å². The smallest absolute Gasteiger partial charge is 0.309 e. The van der Waals surface area contributed by atoms with Gasteiger partial charge in [-0.25, -0.2) is 0 Å². The van der Waals surface area contributed by atoms with Crippen LogP contribution in [-0.2, 0) is 6.18 Å². The van der Waals surface area contributed by atoms with Crippen molar-refractivity contribution in [2.75, 3.05) is 0 Å². The average molecular weight is 884 g/mol. The van der Waals surface area contributed by atoms with Crippen LogP contribution in [0.5, 0.6) is 0 Å². The number of benzene rings is 9. The van der Waals surface area contributed by atoms with Gasteiger partial charge in [-0.05, 0) is 103 Å². The Kier molecular flexibility index (Phi) is 8.08. The van der Waals surface area contributed by atoms with E-state index in [0.29, 0.717) is 16.9 Å². The summed E-state index contributed by atoms with van der Waals surface area (Å²) in [5.41, 5.74) is 10.6. The molecule has 14 aromatic rings. The van der Waals surface area contributed by atoms with Gasteiger partial charge in [-0.15, -0.1) is 0 Å². The molecule has 0 N–H and O–H groups in total. The number of pyridine rings is 1. The minimum atomic E-state index is -4.67. The monoisotopic (exact) mass is 883 g/mol. The van der Waals surface area contributed by atoms with E-state index < -0.39 is 11.7 Å². The molecular weight excluding hydrogens is 848 g/mol. The summed E-state index contributed by atoms with van der Waals surface area (Å²) in [5, 5.41) is 8.45. The van der Waals surface area contributed by atoms with Crippen LogP contribution in [-0.4, -0.2) is 23.3 Å². The predicted molar refractivity (Wildman–Crippen MR) is 272 cm³/mol. The lowest BCUT2D eigenvalue weighted by Crippen LogP contribution is -2.09. The highest BCUT2D eigenvalue weighted by atomic mass is 19.4. The van der Waals surface area contributed by atoms with Gasteiger partial charge < -0.3 is 18.3 Å². The summed E-state index contributed by atoms with van der Waals surface area (Å²) in [5.74, 6) is 0. The highest BCUT2D eigenvalue weighted by molar-refractivity contribution is 6.21. The number of para-hydroxylation sites is 6. The Morgan fingerprint density at radius 2 is 0.706 bits per heavy atom. The lowest BCUT2D eigenvalue weighted by atomic mass is 9.98. The fraction of sp³-hybridized carbons (Fsp3) is 0.0167. The summed E-state index contributed by atoms with van der Waals surface area (Å²) >= 11 is 0. The maximum atomic E-state index is 15.6. The van der Waals surface area contributed by atoms with Crippen molar-refractivity contribution in [3.8, 4) is 33.9 Å². The van der Waals surface area contributed by atoms with Gasteiger partial charge in [-0.1, -0.05) is 109 Å². The summed E-state index contributed by atoms with van der Waals surface area (Å²) in [6.45, 7) is 0. The zero-order valence-corrected chi connectivity index (χ0v) is 36.2. The third-order valence-electron chi connectivity index (χ3n) is 13.9. The van der Waals surface area contributed by atoms with E-state index >= 15 is 13.2 Å². The number of halogens is 3. The molecule has 14 rings (SSSR count). The van der Waals surface area contributed by atoms with Gasteiger partial charge >= 0.3 is 6.18 Å². The second-order valence-corrected chi connectivity index (χ2v) is 17.5. The van der Waals surface area contributed by atoms with Crippen molar-refractivity contribution >= 4 is 87.2 Å². The van der Waals surface area contributed by atoms with Crippen LogP contribution < -0.4 is 0 Å². The van der Waals surface area contributed by atoms with Crippen molar-refractivity contribution in [3.63, 3.8) is 0 Å². The van der Waals surface area contributed by atoms with E-state index in [1.165, 1.54) is 6.07 Å². The van der Waals surface area contributed by atoms with Gasteiger partial charge in [0.25, 0.3) is 0 Å². The third kappa shape index (κ3) is 5.48. The number of aromatic nitrogens is 5. The van der Waals surface area contributed by atoms with Crippen LogP contribution in [0.1, 0.15) is 5.56 Å². The maximum absolute atomic E-state index is 15.6. The van der Waals surface area contributed by atoms with Crippen molar-refractivity contribution in [2.45, 2.75) is 6.18 Å². The molecule has 0 unspecified atom stereocenters. The first kappa shape index (κ1) is 38.4. The minimum absolute atomic E-state index is 0.0360. The van der Waals surface area contributed by atoms with Crippen LogP contribution in [0, 0.1) is 0 Å². The lowest BCUT2D eigenvalue weighted by Gasteiger charge is -2.19. The molecule has 0 saturated carbocycles. The summed E-state index contributed by atoms with van der Waals surface area (Å²) in [4.78, 5) is 4.54. The molecule has 0 bridgehead atoms. The molecule has 68 heavy (non-hydrogen) atoms. The highest BCUT2D eigenvalue weighted by Crippen LogP contribution is 2.46. The normalized spacial score (nSPS) is 12.3. The Balaban J connectivity index is 1.05. The number of rotatable bonds is 5. The van der Waals surface area contributed by atoms with Crippen LogP contribution in [0.4, 0.5) is 13.2 Å². The van der Waals surface area contributed by atoms with Crippen molar-refractivity contribution in [1.29, 1.82) is 0 Å². The number of fused-ring (bicyclic) bond motifs is 12. The van der Waals surface area contributed by atoms with Crippen LogP contribution in [0.3, 0.4) is 0 Å². The maximum Gasteiger partial charge on any atom is 0.417 e. The molecule has 322 valence electrons. The number of alkyl halides is 3. The second kappa shape index (κ2) is 14.3. The Morgan fingerprint density at radius 3 is 1.16 bits per heavy atom. The highest BCUT2D eigenvalue weighted by Gasteiger charge is 2.35. The van der Waals surface area contributed by atoms with Gasteiger partial charge in [-0.2, -0.15) is 13.2 Å². The van der Waals surface area contributed by atoms with Gasteiger partial charge in [-0.3, -0.25) is 4.98 Å². The van der Waals surface area contributed by atoms with Crippen molar-refractivity contribution < 1.29 is 13.2 Å². The van der Waals surface area contributed by atoms with Gasteiger partial charge in [0.1, 0.15) is 0 Å². The molecular formula is C60H36F3N5. The predicted octanol–water partition coefficient (Wildman–Crippen LogP) is 16.2. The Hall–Kier alpha value is -8.88. The van der Waals surface area contributed by atoms with Gasteiger partial charge in [0.05, 0.1) is 55.4 Å². The van der Waals surface area contributed by atoms with Crippen LogP contribution in [0.2, 0.25) is 0 Å². The summed E-state index contributed by atoms with van der Waals surface area (Å²) < 4.78 is 55.6. The first-order valence-electron chi connectivity index (χ1n) is 22.6. The van der Waals surface area contributed by atoms with Crippen LogP contribution >= 0.6 is 0 Å². The Labute approximate surface area is 386 Å². The molecule has 0 atom stereocenters. The fourth-order valence-electron chi connectivity index (χ4n) is 11.0. The van der Waals surface area contributed by atoms with E-state index in [1.807, 2.05) is 78.9 Å². The van der Waals surface area contributed by atoms with Crippen LogP contribution in [0.25, 0.3) is 121 Å². The molecule has 9 aromatic carbocycles. The average Bonchev–Trinajstić information content (AvgIpc) is 4.09. The summed E-state index contributed by atoms with van der Waals surface area (Å²) in [6.07, 6.45) is -1.42. The molecule has 0 saturated heterocycles. The van der Waals surface area contributed by atoms with Crippen LogP contribution in [0.15, 0.2) is 219 Å². The molecule has 0 radical (unpaired) electrons. The zero-order valence-electron chi connectivity index (χ0n) is 36.2. The molecule has 0 aliphatic rings. The summed E-state index contributed by atoms with van der Waals surface area (Å²) in [6, 6.07) is 68.9. The van der Waals surface area contributed by atoms with E-state index in [2.05, 4.69) is 132 Å². The molecule has 0 aliphatic heterocycles. The van der Waals surface area contributed by atoms with E-state index in [4.69, 9.17) is 0 Å². The first-order chi connectivity index (χ1) is 33.4. The molecule has 5 nitrogen and oxygen atoms in total. The molecule has 0 aliphatic carbocycles. The van der Waals surface area contributed by atoms with E-state index in [1.54, 1.807) is 24.5 Å². The SMILES string of the molecule is FC(F)(F)c1ccc(-n2c3ccccc3c3cc4c5ccccc5n(-c5ccccc5)c4cc32)cc1-c1cnccc1-n1c2ccccc2c2cc3c4ccccc4n(-c4ccccc4)c3cc21. The molecule has 0 amide bonds.